The third-order valence-electron chi connectivity index (χ3n) is 3.72. The summed E-state index contributed by atoms with van der Waals surface area (Å²) in [6, 6.07) is 10.7. The zero-order valence-corrected chi connectivity index (χ0v) is 11.2. The van der Waals surface area contributed by atoms with Crippen LogP contribution in [0, 0.1) is 5.95 Å². The predicted molar refractivity (Wildman–Crippen MR) is 75.2 cm³/mol. The predicted octanol–water partition coefficient (Wildman–Crippen LogP) is 3.20. The lowest BCUT2D eigenvalue weighted by molar-refractivity contribution is 0.0974. The molecule has 2 heterocycles. The maximum absolute atomic E-state index is 13.2. The lowest BCUT2D eigenvalue weighted by atomic mass is 9.96. The standard InChI is InChI=1S/C16H15FN2O/c1-11-6-7-12-4-2-3-5-14(12)19(11)16(20)13-8-9-18-15(17)10-13/h2-5,8-11H,6-7H2,1H3. The minimum atomic E-state index is -0.631. The number of pyridine rings is 1. The fourth-order valence-electron chi connectivity index (χ4n) is 2.67. The molecule has 3 nitrogen and oxygen atoms in total. The van der Waals surface area contributed by atoms with Crippen molar-refractivity contribution in [2.75, 3.05) is 4.90 Å². The molecule has 1 amide bonds. The molecule has 0 radical (unpaired) electrons. The number of benzene rings is 1. The fraction of sp³-hybridized carbons (Fsp3) is 0.250. The molecule has 3 rings (SSSR count). The lowest BCUT2D eigenvalue weighted by Crippen LogP contribution is -2.42. The highest BCUT2D eigenvalue weighted by molar-refractivity contribution is 6.07. The highest BCUT2D eigenvalue weighted by Gasteiger charge is 2.28. The molecule has 102 valence electrons. The summed E-state index contributed by atoms with van der Waals surface area (Å²) in [6.45, 7) is 2.02. The maximum atomic E-state index is 13.2. The Balaban J connectivity index is 2.03. The van der Waals surface area contributed by atoms with Gasteiger partial charge in [0.2, 0.25) is 5.95 Å². The summed E-state index contributed by atoms with van der Waals surface area (Å²) in [4.78, 5) is 17.9. The molecule has 1 aromatic carbocycles. The van der Waals surface area contributed by atoms with Gasteiger partial charge in [-0.05, 0) is 37.5 Å². The van der Waals surface area contributed by atoms with Crippen LogP contribution in [0.3, 0.4) is 0 Å². The number of hydrogen-bond donors (Lipinski definition) is 0. The molecule has 1 atom stereocenters. The van der Waals surface area contributed by atoms with Crippen molar-refractivity contribution in [3.8, 4) is 0 Å². The number of aromatic nitrogens is 1. The number of rotatable bonds is 1. The summed E-state index contributed by atoms with van der Waals surface area (Å²) in [7, 11) is 0. The van der Waals surface area contributed by atoms with Crippen molar-refractivity contribution in [1.82, 2.24) is 4.98 Å². The Morgan fingerprint density at radius 1 is 1.35 bits per heavy atom. The van der Waals surface area contributed by atoms with E-state index in [2.05, 4.69) is 4.98 Å². The molecule has 20 heavy (non-hydrogen) atoms. The van der Waals surface area contributed by atoms with E-state index in [1.54, 1.807) is 11.0 Å². The van der Waals surface area contributed by atoms with Crippen LogP contribution in [-0.2, 0) is 6.42 Å². The van der Waals surface area contributed by atoms with E-state index in [1.165, 1.54) is 12.3 Å². The van der Waals surface area contributed by atoms with Crippen molar-refractivity contribution >= 4 is 11.6 Å². The van der Waals surface area contributed by atoms with Crippen LogP contribution in [0.1, 0.15) is 29.3 Å². The second-order valence-electron chi connectivity index (χ2n) is 5.06. The molecule has 0 spiro atoms. The van der Waals surface area contributed by atoms with Crippen molar-refractivity contribution in [2.24, 2.45) is 0 Å². The van der Waals surface area contributed by atoms with E-state index in [1.807, 2.05) is 31.2 Å². The second kappa shape index (κ2) is 5.04. The highest BCUT2D eigenvalue weighted by Crippen LogP contribution is 2.31. The van der Waals surface area contributed by atoms with Gasteiger partial charge in [-0.25, -0.2) is 4.98 Å². The van der Waals surface area contributed by atoms with E-state index in [4.69, 9.17) is 0 Å². The van der Waals surface area contributed by atoms with Crippen LogP contribution in [0.4, 0.5) is 10.1 Å². The van der Waals surface area contributed by atoms with Gasteiger partial charge >= 0.3 is 0 Å². The Bertz CT molecular complexity index is 656. The molecule has 0 saturated heterocycles. The normalized spacial score (nSPS) is 17.7. The van der Waals surface area contributed by atoms with E-state index in [0.717, 1.165) is 24.1 Å². The number of para-hydroxylation sites is 1. The van der Waals surface area contributed by atoms with Gasteiger partial charge in [0.1, 0.15) is 0 Å². The van der Waals surface area contributed by atoms with E-state index in [9.17, 15) is 9.18 Å². The van der Waals surface area contributed by atoms with Crippen LogP contribution in [0.25, 0.3) is 0 Å². The Morgan fingerprint density at radius 3 is 2.95 bits per heavy atom. The Morgan fingerprint density at radius 2 is 2.15 bits per heavy atom. The van der Waals surface area contributed by atoms with Crippen molar-refractivity contribution in [3.05, 3.63) is 59.7 Å². The van der Waals surface area contributed by atoms with Gasteiger partial charge in [0.25, 0.3) is 5.91 Å². The fourth-order valence-corrected chi connectivity index (χ4v) is 2.67. The summed E-state index contributed by atoms with van der Waals surface area (Å²) in [5.41, 5.74) is 2.42. The molecule has 1 aliphatic heterocycles. The number of carbonyl (C=O) groups excluding carboxylic acids is 1. The van der Waals surface area contributed by atoms with Gasteiger partial charge in [-0.2, -0.15) is 4.39 Å². The van der Waals surface area contributed by atoms with Gasteiger partial charge in [0, 0.05) is 29.6 Å². The van der Waals surface area contributed by atoms with Crippen LogP contribution in [0.2, 0.25) is 0 Å². The number of fused-ring (bicyclic) bond motifs is 1. The van der Waals surface area contributed by atoms with E-state index in [0.29, 0.717) is 5.56 Å². The van der Waals surface area contributed by atoms with E-state index >= 15 is 0 Å². The Hall–Kier alpha value is -2.23. The molecule has 0 aliphatic carbocycles. The van der Waals surface area contributed by atoms with Gasteiger partial charge in [-0.3, -0.25) is 4.79 Å². The number of hydrogen-bond acceptors (Lipinski definition) is 2. The van der Waals surface area contributed by atoms with Gasteiger partial charge < -0.3 is 4.90 Å². The first-order valence-electron chi connectivity index (χ1n) is 6.70. The molecular formula is C16H15FN2O. The van der Waals surface area contributed by atoms with Crippen LogP contribution in [-0.4, -0.2) is 16.9 Å². The van der Waals surface area contributed by atoms with Crippen molar-refractivity contribution < 1.29 is 9.18 Å². The van der Waals surface area contributed by atoms with Gasteiger partial charge in [0.15, 0.2) is 0 Å². The Kier molecular flexibility index (Phi) is 3.22. The largest absolute Gasteiger partial charge is 0.305 e. The molecule has 0 bridgehead atoms. The zero-order chi connectivity index (χ0) is 14.1. The topological polar surface area (TPSA) is 33.2 Å². The van der Waals surface area contributed by atoms with E-state index in [-0.39, 0.29) is 11.9 Å². The first-order valence-corrected chi connectivity index (χ1v) is 6.70. The zero-order valence-electron chi connectivity index (χ0n) is 11.2. The van der Waals surface area contributed by atoms with Crippen LogP contribution >= 0.6 is 0 Å². The number of amides is 1. The third kappa shape index (κ3) is 2.18. The number of halogens is 1. The van der Waals surface area contributed by atoms with Crippen molar-refractivity contribution in [3.63, 3.8) is 0 Å². The molecule has 0 saturated carbocycles. The summed E-state index contributed by atoms with van der Waals surface area (Å²) < 4.78 is 13.2. The van der Waals surface area contributed by atoms with E-state index < -0.39 is 5.95 Å². The summed E-state index contributed by atoms with van der Waals surface area (Å²) in [5.74, 6) is -0.806. The van der Waals surface area contributed by atoms with Crippen molar-refractivity contribution in [2.45, 2.75) is 25.8 Å². The minimum absolute atomic E-state index is 0.105. The number of anilines is 1. The van der Waals surface area contributed by atoms with Crippen LogP contribution in [0.5, 0.6) is 0 Å². The molecule has 2 aromatic rings. The number of nitrogens with zero attached hydrogens (tertiary/aromatic N) is 2. The molecule has 0 N–H and O–H groups in total. The third-order valence-corrected chi connectivity index (χ3v) is 3.72. The molecule has 1 aliphatic rings. The molecular weight excluding hydrogens is 255 g/mol. The summed E-state index contributed by atoms with van der Waals surface area (Å²) >= 11 is 0. The SMILES string of the molecule is CC1CCc2ccccc2N1C(=O)c1ccnc(F)c1. The monoisotopic (exact) mass is 270 g/mol. The Labute approximate surface area is 117 Å². The maximum Gasteiger partial charge on any atom is 0.258 e. The van der Waals surface area contributed by atoms with Crippen molar-refractivity contribution in [1.29, 1.82) is 0 Å². The number of aryl methyl sites for hydroxylation is 1. The summed E-state index contributed by atoms with van der Waals surface area (Å²) in [6.07, 6.45) is 3.20. The first-order chi connectivity index (χ1) is 9.66. The minimum Gasteiger partial charge on any atom is -0.305 e. The molecule has 4 heteroatoms. The van der Waals surface area contributed by atoms with Crippen LogP contribution < -0.4 is 4.90 Å². The smallest absolute Gasteiger partial charge is 0.258 e. The molecule has 0 fully saturated rings. The lowest BCUT2D eigenvalue weighted by Gasteiger charge is -2.35. The summed E-state index contributed by atoms with van der Waals surface area (Å²) in [5, 5.41) is 0. The van der Waals surface area contributed by atoms with Gasteiger partial charge in [0.05, 0.1) is 0 Å². The second-order valence-corrected chi connectivity index (χ2v) is 5.06. The number of carbonyl (C=O) groups is 1. The first kappa shape index (κ1) is 12.8. The average molecular weight is 270 g/mol. The molecule has 1 unspecified atom stereocenters. The highest BCUT2D eigenvalue weighted by atomic mass is 19.1. The van der Waals surface area contributed by atoms with Crippen LogP contribution in [0.15, 0.2) is 42.6 Å². The average Bonchev–Trinajstić information content (AvgIpc) is 2.46. The quantitative estimate of drug-likeness (QED) is 0.745. The van der Waals surface area contributed by atoms with Gasteiger partial charge in [-0.15, -0.1) is 0 Å². The van der Waals surface area contributed by atoms with Gasteiger partial charge in [-0.1, -0.05) is 18.2 Å². The molecule has 1 aromatic heterocycles.